The molecule has 1 aromatic carbocycles. The second-order valence-electron chi connectivity index (χ2n) is 7.33. The number of rotatable bonds is 7. The lowest BCUT2D eigenvalue weighted by atomic mass is 9.92. The molecule has 1 aliphatic rings. The zero-order valence-electron chi connectivity index (χ0n) is 17.1. The fraction of sp³-hybridized carbons (Fsp3) is 0.353. The minimum Gasteiger partial charge on any atom is -0.363 e. The average molecular weight is 562 g/mol. The number of halogens is 2. The molecule has 2 aromatic heterocycles. The van der Waals surface area contributed by atoms with Gasteiger partial charge in [0.2, 0.25) is 11.6 Å². The Labute approximate surface area is 199 Å². The number of amides is 1. The van der Waals surface area contributed by atoms with Crippen molar-refractivity contribution in [3.8, 4) is 17.2 Å². The lowest BCUT2D eigenvalue weighted by Crippen LogP contribution is -2.42. The van der Waals surface area contributed by atoms with Gasteiger partial charge in [-0.05, 0) is 70.1 Å². The molecule has 0 radical (unpaired) electrons. The summed E-state index contributed by atoms with van der Waals surface area (Å²) in [5.41, 5.74) is 5.10. The van der Waals surface area contributed by atoms with E-state index in [4.69, 9.17) is 14.9 Å². The first-order valence-corrected chi connectivity index (χ1v) is 12.0. The first-order chi connectivity index (χ1) is 16.1. The quantitative estimate of drug-likeness (QED) is 0.377. The first kappa shape index (κ1) is 23.8. The Kier molecular flexibility index (Phi) is 6.67. The molecule has 1 aliphatic carbocycles. The second-order valence-corrected chi connectivity index (χ2v) is 9.50. The summed E-state index contributed by atoms with van der Waals surface area (Å²) < 4.78 is 54.2. The minimum atomic E-state index is -4.29. The van der Waals surface area contributed by atoms with Gasteiger partial charge >= 0.3 is 22.2 Å². The first-order valence-electron chi connectivity index (χ1n) is 9.78. The Morgan fingerprint density at radius 2 is 1.91 bits per heavy atom. The van der Waals surface area contributed by atoms with Gasteiger partial charge in [0.1, 0.15) is 5.82 Å². The van der Waals surface area contributed by atoms with Crippen molar-refractivity contribution >= 4 is 38.1 Å². The second kappa shape index (κ2) is 9.51. The summed E-state index contributed by atoms with van der Waals surface area (Å²) >= 11 is 3.07. The maximum Gasteiger partial charge on any atom is 0.446 e. The highest BCUT2D eigenvalue weighted by atomic mass is 79.9. The van der Waals surface area contributed by atoms with Crippen molar-refractivity contribution in [3.05, 3.63) is 39.0 Å². The molecule has 0 saturated heterocycles. The Hall–Kier alpha value is -3.31. The number of hydrogen-bond donors (Lipinski definition) is 3. The molecule has 1 saturated carbocycles. The van der Waals surface area contributed by atoms with Gasteiger partial charge < -0.3 is 15.2 Å². The highest BCUT2D eigenvalue weighted by molar-refractivity contribution is 9.10. The summed E-state index contributed by atoms with van der Waals surface area (Å²) in [6, 6.07) is 3.32. The van der Waals surface area contributed by atoms with Crippen molar-refractivity contribution in [2.24, 2.45) is 5.73 Å². The van der Waals surface area contributed by atoms with Gasteiger partial charge in [-0.15, -0.1) is 0 Å². The molecule has 34 heavy (non-hydrogen) atoms. The largest absolute Gasteiger partial charge is 0.446 e. The van der Waals surface area contributed by atoms with E-state index in [-0.39, 0.29) is 33.5 Å². The number of nitrogens with one attached hydrogen (secondary N) is 2. The van der Waals surface area contributed by atoms with Crippen LogP contribution in [-0.2, 0) is 14.5 Å². The van der Waals surface area contributed by atoms with E-state index in [2.05, 4.69) is 45.6 Å². The Bertz CT molecular complexity index is 1360. The number of aromatic nitrogens is 4. The maximum absolute atomic E-state index is 13.6. The molecule has 3 aromatic rings. The van der Waals surface area contributed by atoms with Crippen LogP contribution in [0.3, 0.4) is 0 Å². The van der Waals surface area contributed by atoms with Gasteiger partial charge in [-0.2, -0.15) is 13.1 Å². The van der Waals surface area contributed by atoms with E-state index in [1.165, 1.54) is 18.2 Å². The highest BCUT2D eigenvalue weighted by Gasteiger charge is 2.29. The van der Waals surface area contributed by atoms with Crippen LogP contribution < -0.4 is 21.5 Å². The lowest BCUT2D eigenvalue weighted by Gasteiger charge is -2.28. The van der Waals surface area contributed by atoms with Crippen LogP contribution in [-0.4, -0.2) is 46.6 Å². The summed E-state index contributed by atoms with van der Waals surface area (Å²) in [6.45, 7) is 0. The summed E-state index contributed by atoms with van der Waals surface area (Å²) in [6.07, 6.45) is 0.475. The fourth-order valence-electron chi connectivity index (χ4n) is 3.57. The van der Waals surface area contributed by atoms with Crippen molar-refractivity contribution < 1.29 is 30.9 Å². The average Bonchev–Trinajstić information content (AvgIpc) is 3.36. The van der Waals surface area contributed by atoms with E-state index in [0.29, 0.717) is 25.7 Å². The predicted octanol–water partition coefficient (Wildman–Crippen LogP) is 1.43. The van der Waals surface area contributed by atoms with Crippen molar-refractivity contribution in [1.82, 2.24) is 24.8 Å². The van der Waals surface area contributed by atoms with Gasteiger partial charge in [0, 0.05) is 12.1 Å². The van der Waals surface area contributed by atoms with Crippen LogP contribution in [0.15, 0.2) is 36.6 Å². The normalized spacial score (nSPS) is 18.5. The van der Waals surface area contributed by atoms with E-state index >= 15 is 0 Å². The standard InChI is InChI=1S/C17H17BrFN7O7S/c18-11-7-10(5-6-12(11)19)26-15(24-31-17(26)28)13-14(23-33-22-13)21-8-1-3-9(4-2-8)25-34(29,30)32-16(20)27/h5-9,25H,1-4H2,(H2,20,27)(H,21,23). The van der Waals surface area contributed by atoms with Crippen molar-refractivity contribution in [2.75, 3.05) is 5.32 Å². The Morgan fingerprint density at radius 3 is 2.59 bits per heavy atom. The predicted molar refractivity (Wildman–Crippen MR) is 115 cm³/mol. The van der Waals surface area contributed by atoms with E-state index in [1.807, 2.05) is 0 Å². The molecule has 0 unspecified atom stereocenters. The fourth-order valence-corrected chi connectivity index (χ4v) is 4.84. The number of anilines is 1. The van der Waals surface area contributed by atoms with Crippen molar-refractivity contribution in [2.45, 2.75) is 37.8 Å². The summed E-state index contributed by atoms with van der Waals surface area (Å²) in [4.78, 5) is 23.0. The SMILES string of the molecule is NC(=O)OS(=O)(=O)NC1CCC(Nc2nonc2-c2noc(=O)n2-c2ccc(F)c(Br)c2)CC1. The monoisotopic (exact) mass is 561 g/mol. The van der Waals surface area contributed by atoms with Crippen LogP contribution in [0.5, 0.6) is 0 Å². The van der Waals surface area contributed by atoms with Crippen LogP contribution in [0.25, 0.3) is 17.2 Å². The molecule has 182 valence electrons. The summed E-state index contributed by atoms with van der Waals surface area (Å²) in [7, 11) is -4.29. The van der Waals surface area contributed by atoms with Crippen LogP contribution in [0.2, 0.25) is 0 Å². The molecule has 1 amide bonds. The molecule has 0 atom stereocenters. The van der Waals surface area contributed by atoms with E-state index in [1.54, 1.807) is 0 Å². The minimum absolute atomic E-state index is 0.0164. The van der Waals surface area contributed by atoms with Gasteiger partial charge in [-0.1, -0.05) is 5.16 Å². The number of nitrogens with zero attached hydrogens (tertiary/aromatic N) is 4. The molecular formula is C17H17BrFN7O7S. The van der Waals surface area contributed by atoms with Gasteiger partial charge in [0.15, 0.2) is 5.69 Å². The zero-order valence-corrected chi connectivity index (χ0v) is 19.5. The smallest absolute Gasteiger partial charge is 0.363 e. The van der Waals surface area contributed by atoms with Gasteiger partial charge in [-0.25, -0.2) is 23.2 Å². The molecule has 2 heterocycles. The van der Waals surface area contributed by atoms with Crippen LogP contribution >= 0.6 is 15.9 Å². The number of primary amides is 1. The molecular weight excluding hydrogens is 545 g/mol. The topological polar surface area (TPSA) is 197 Å². The van der Waals surface area contributed by atoms with Crippen LogP contribution in [0, 0.1) is 5.82 Å². The van der Waals surface area contributed by atoms with Crippen LogP contribution in [0.1, 0.15) is 25.7 Å². The summed E-state index contributed by atoms with van der Waals surface area (Å²) in [5, 5.41) is 14.5. The number of nitrogens with two attached hydrogens (primary N) is 1. The molecule has 17 heteroatoms. The molecule has 0 aliphatic heterocycles. The Balaban J connectivity index is 1.48. The van der Waals surface area contributed by atoms with E-state index < -0.39 is 34.0 Å². The van der Waals surface area contributed by atoms with Gasteiger partial charge in [0.25, 0.3) is 0 Å². The maximum atomic E-state index is 13.6. The Morgan fingerprint density at radius 1 is 1.21 bits per heavy atom. The van der Waals surface area contributed by atoms with Crippen LogP contribution in [0.4, 0.5) is 15.0 Å². The number of carbonyl (C=O) groups is 1. The molecule has 4 N–H and O–H groups in total. The van der Waals surface area contributed by atoms with Gasteiger partial charge in [-0.3, -0.25) is 4.52 Å². The van der Waals surface area contributed by atoms with Crippen molar-refractivity contribution in [3.63, 3.8) is 0 Å². The molecule has 14 nitrogen and oxygen atoms in total. The molecule has 0 bridgehead atoms. The third-order valence-electron chi connectivity index (χ3n) is 5.04. The van der Waals surface area contributed by atoms with Crippen molar-refractivity contribution in [1.29, 1.82) is 0 Å². The number of carbonyl (C=O) groups excluding carboxylic acids is 1. The highest BCUT2D eigenvalue weighted by Crippen LogP contribution is 2.29. The van der Waals surface area contributed by atoms with Gasteiger partial charge in [0.05, 0.1) is 10.2 Å². The third kappa shape index (κ3) is 5.26. The van der Waals surface area contributed by atoms with E-state index in [0.717, 1.165) is 4.57 Å². The number of hydrogen-bond acceptors (Lipinski definition) is 11. The number of benzene rings is 1. The lowest BCUT2D eigenvalue weighted by molar-refractivity contribution is 0.211. The molecule has 4 rings (SSSR count). The summed E-state index contributed by atoms with van der Waals surface area (Å²) in [5.74, 6) is -1.17. The van der Waals surface area contributed by atoms with E-state index in [9.17, 15) is 22.4 Å². The molecule has 0 spiro atoms. The zero-order chi connectivity index (χ0) is 24.5. The third-order valence-corrected chi connectivity index (χ3v) is 6.65. The molecule has 1 fully saturated rings.